The van der Waals surface area contributed by atoms with Crippen LogP contribution in [0.4, 0.5) is 5.69 Å². The summed E-state index contributed by atoms with van der Waals surface area (Å²) < 4.78 is 33.5. The molecule has 1 aromatic carbocycles. The van der Waals surface area contributed by atoms with Gasteiger partial charge in [-0.25, -0.2) is 8.42 Å². The number of nitrogens with zero attached hydrogens (tertiary/aromatic N) is 2. The Kier molecular flexibility index (Phi) is 3.54. The minimum atomic E-state index is -2.96. The molecule has 1 aromatic heterocycles. The van der Waals surface area contributed by atoms with Crippen molar-refractivity contribution in [3.63, 3.8) is 0 Å². The van der Waals surface area contributed by atoms with Crippen LogP contribution in [0.15, 0.2) is 28.8 Å². The maximum Gasteiger partial charge on any atom is 0.264 e. The fourth-order valence-electron chi connectivity index (χ4n) is 2.24. The normalized spacial score (nSPS) is 20.5. The minimum Gasteiger partial charge on any atom is -0.484 e. The number of benzene rings is 1. The van der Waals surface area contributed by atoms with Crippen LogP contribution < -0.4 is 10.5 Å². The maximum absolute atomic E-state index is 11.4. The molecule has 3 rings (SSSR count). The molecule has 0 saturated carbocycles. The average Bonchev–Trinajstić information content (AvgIpc) is 3.03. The molecule has 2 N–H and O–H groups in total. The highest BCUT2D eigenvalue weighted by molar-refractivity contribution is 7.91. The summed E-state index contributed by atoms with van der Waals surface area (Å²) in [5, 5.41) is 3.84. The second-order valence-corrected chi connectivity index (χ2v) is 7.24. The van der Waals surface area contributed by atoms with Crippen molar-refractivity contribution in [3.8, 4) is 5.75 Å². The predicted octanol–water partition coefficient (Wildman–Crippen LogP) is 1.13. The third kappa shape index (κ3) is 3.33. The summed E-state index contributed by atoms with van der Waals surface area (Å²) in [5.74, 6) is 1.45. The molecule has 8 heteroatoms. The van der Waals surface area contributed by atoms with Gasteiger partial charge >= 0.3 is 0 Å². The zero-order chi connectivity index (χ0) is 14.9. The number of sulfone groups is 1. The summed E-state index contributed by atoms with van der Waals surface area (Å²) in [5.41, 5.74) is 6.26. The lowest BCUT2D eigenvalue weighted by Crippen LogP contribution is -2.05. The Labute approximate surface area is 122 Å². The summed E-state index contributed by atoms with van der Waals surface area (Å²) in [7, 11) is -2.96. The summed E-state index contributed by atoms with van der Waals surface area (Å²) in [6, 6.07) is 7.02. The van der Waals surface area contributed by atoms with Gasteiger partial charge in [-0.15, -0.1) is 0 Å². The van der Waals surface area contributed by atoms with Gasteiger partial charge in [0.1, 0.15) is 5.75 Å². The zero-order valence-electron chi connectivity index (χ0n) is 11.2. The molecule has 1 fully saturated rings. The van der Waals surface area contributed by atoms with E-state index in [1.807, 2.05) is 0 Å². The van der Waals surface area contributed by atoms with Crippen LogP contribution in [0.3, 0.4) is 0 Å². The lowest BCUT2D eigenvalue weighted by molar-refractivity contribution is 0.242. The monoisotopic (exact) mass is 309 g/mol. The number of nitrogens with two attached hydrogens (primary N) is 1. The number of ether oxygens (including phenoxy) is 1. The quantitative estimate of drug-likeness (QED) is 0.843. The summed E-state index contributed by atoms with van der Waals surface area (Å²) in [6.07, 6.45) is 0.539. The van der Waals surface area contributed by atoms with Crippen LogP contribution in [-0.4, -0.2) is 30.1 Å². The Balaban J connectivity index is 1.63. The Hall–Kier alpha value is -2.09. The molecule has 7 nitrogen and oxygen atoms in total. The maximum atomic E-state index is 11.4. The third-order valence-electron chi connectivity index (χ3n) is 3.30. The van der Waals surface area contributed by atoms with Crippen molar-refractivity contribution in [2.24, 2.45) is 0 Å². The topological polar surface area (TPSA) is 108 Å². The van der Waals surface area contributed by atoms with E-state index in [4.69, 9.17) is 15.0 Å². The van der Waals surface area contributed by atoms with Crippen molar-refractivity contribution in [2.45, 2.75) is 18.9 Å². The molecule has 1 aliphatic rings. The van der Waals surface area contributed by atoms with E-state index in [1.54, 1.807) is 24.3 Å². The summed E-state index contributed by atoms with van der Waals surface area (Å²) >= 11 is 0. The molecular weight excluding hydrogens is 294 g/mol. The highest BCUT2D eigenvalue weighted by Gasteiger charge is 2.32. The van der Waals surface area contributed by atoms with Gasteiger partial charge in [0, 0.05) is 17.7 Å². The number of anilines is 1. The van der Waals surface area contributed by atoms with Crippen LogP contribution in [0.25, 0.3) is 0 Å². The number of hydrogen-bond donors (Lipinski definition) is 1. The van der Waals surface area contributed by atoms with Crippen molar-refractivity contribution >= 4 is 15.5 Å². The molecule has 1 atom stereocenters. The van der Waals surface area contributed by atoms with E-state index in [-0.39, 0.29) is 24.0 Å². The van der Waals surface area contributed by atoms with Gasteiger partial charge in [0.15, 0.2) is 22.3 Å². The fourth-order valence-corrected chi connectivity index (χ4v) is 3.98. The van der Waals surface area contributed by atoms with Crippen LogP contribution in [0.2, 0.25) is 0 Å². The van der Waals surface area contributed by atoms with Crippen LogP contribution in [0.5, 0.6) is 5.75 Å². The van der Waals surface area contributed by atoms with Gasteiger partial charge in [-0.1, -0.05) is 11.2 Å². The second kappa shape index (κ2) is 5.36. The highest BCUT2D eigenvalue weighted by atomic mass is 32.2. The standard InChI is InChI=1S/C13H15N3O4S/c14-10-2-1-3-11(6-10)19-7-12-15-13(16-20-12)9-4-5-21(17,18)8-9/h1-3,6,9H,4-5,7-8,14H2. The van der Waals surface area contributed by atoms with Crippen molar-refractivity contribution in [1.82, 2.24) is 10.1 Å². The van der Waals surface area contributed by atoms with E-state index in [1.165, 1.54) is 0 Å². The van der Waals surface area contributed by atoms with Gasteiger partial charge < -0.3 is 15.0 Å². The fraction of sp³-hybridized carbons (Fsp3) is 0.385. The molecule has 1 unspecified atom stereocenters. The Morgan fingerprint density at radius 2 is 2.29 bits per heavy atom. The van der Waals surface area contributed by atoms with Crippen LogP contribution >= 0.6 is 0 Å². The van der Waals surface area contributed by atoms with Crippen LogP contribution in [0, 0.1) is 0 Å². The van der Waals surface area contributed by atoms with Crippen molar-refractivity contribution < 1.29 is 17.7 Å². The van der Waals surface area contributed by atoms with E-state index in [2.05, 4.69) is 10.1 Å². The van der Waals surface area contributed by atoms with Crippen LogP contribution in [0.1, 0.15) is 24.1 Å². The first kappa shape index (κ1) is 13.9. The molecule has 112 valence electrons. The van der Waals surface area contributed by atoms with E-state index >= 15 is 0 Å². The van der Waals surface area contributed by atoms with Gasteiger partial charge in [-0.05, 0) is 18.6 Å². The largest absolute Gasteiger partial charge is 0.484 e. The lowest BCUT2D eigenvalue weighted by atomic mass is 10.1. The molecule has 21 heavy (non-hydrogen) atoms. The first-order valence-corrected chi connectivity index (χ1v) is 8.35. The van der Waals surface area contributed by atoms with Gasteiger partial charge in [-0.2, -0.15) is 4.98 Å². The number of rotatable bonds is 4. The van der Waals surface area contributed by atoms with Crippen molar-refractivity contribution in [2.75, 3.05) is 17.2 Å². The molecule has 0 amide bonds. The Morgan fingerprint density at radius 1 is 1.43 bits per heavy atom. The average molecular weight is 309 g/mol. The number of hydrogen-bond acceptors (Lipinski definition) is 7. The zero-order valence-corrected chi connectivity index (χ0v) is 12.0. The van der Waals surface area contributed by atoms with E-state index in [0.717, 1.165) is 0 Å². The lowest BCUT2D eigenvalue weighted by Gasteiger charge is -2.03. The minimum absolute atomic E-state index is 0.0854. The molecule has 0 bridgehead atoms. The molecular formula is C13H15N3O4S. The molecule has 0 aliphatic carbocycles. The van der Waals surface area contributed by atoms with Gasteiger partial charge in [0.05, 0.1) is 11.5 Å². The molecule has 1 saturated heterocycles. The van der Waals surface area contributed by atoms with Crippen molar-refractivity contribution in [3.05, 3.63) is 36.0 Å². The van der Waals surface area contributed by atoms with Gasteiger partial charge in [0.25, 0.3) is 5.89 Å². The van der Waals surface area contributed by atoms with Gasteiger partial charge in [-0.3, -0.25) is 0 Å². The highest BCUT2D eigenvalue weighted by Crippen LogP contribution is 2.26. The first-order chi connectivity index (χ1) is 10.0. The molecule has 1 aliphatic heterocycles. The second-order valence-electron chi connectivity index (χ2n) is 5.01. The molecule has 0 radical (unpaired) electrons. The third-order valence-corrected chi connectivity index (χ3v) is 5.07. The molecule has 2 aromatic rings. The summed E-state index contributed by atoms with van der Waals surface area (Å²) in [6.45, 7) is 0.121. The van der Waals surface area contributed by atoms with Gasteiger partial charge in [0.2, 0.25) is 0 Å². The SMILES string of the molecule is Nc1cccc(OCc2nc(C3CCS(=O)(=O)C3)no2)c1. The van der Waals surface area contributed by atoms with E-state index < -0.39 is 9.84 Å². The molecule has 0 spiro atoms. The summed E-state index contributed by atoms with van der Waals surface area (Å²) in [4.78, 5) is 4.20. The Bertz CT molecular complexity index is 741. The molecule has 2 heterocycles. The smallest absolute Gasteiger partial charge is 0.264 e. The number of nitrogen functional groups attached to an aromatic ring is 1. The van der Waals surface area contributed by atoms with Crippen molar-refractivity contribution in [1.29, 1.82) is 0 Å². The number of aromatic nitrogens is 2. The van der Waals surface area contributed by atoms with E-state index in [0.29, 0.717) is 29.6 Å². The van der Waals surface area contributed by atoms with E-state index in [9.17, 15) is 8.42 Å². The van der Waals surface area contributed by atoms with Crippen LogP contribution in [-0.2, 0) is 16.4 Å². The predicted molar refractivity (Wildman–Crippen MR) is 75.5 cm³/mol. The Morgan fingerprint density at radius 3 is 3.00 bits per heavy atom. The first-order valence-electron chi connectivity index (χ1n) is 6.53.